The zero-order valence-corrected chi connectivity index (χ0v) is 15.8. The maximum atomic E-state index is 13.2. The number of hydrogen-bond acceptors (Lipinski definition) is 5. The number of halogens is 1. The Morgan fingerprint density at radius 1 is 1.00 bits per heavy atom. The van der Waals surface area contributed by atoms with Crippen LogP contribution in [-0.4, -0.2) is 29.0 Å². The van der Waals surface area contributed by atoms with Crippen molar-refractivity contribution >= 4 is 28.9 Å². The van der Waals surface area contributed by atoms with Gasteiger partial charge in [-0.3, -0.25) is 4.79 Å². The third-order valence-electron chi connectivity index (χ3n) is 4.25. The molecule has 6 nitrogen and oxygen atoms in total. The molecular weight excluding hydrogens is 357 g/mol. The van der Waals surface area contributed by atoms with E-state index < -0.39 is 11.7 Å². The monoisotopic (exact) mass is 379 g/mol. The number of hydrogen-bond donors (Lipinski definition) is 2. The Balaban J connectivity index is 1.63. The van der Waals surface area contributed by atoms with Crippen LogP contribution in [0.2, 0.25) is 0 Å². The molecular formula is C21H22FN5O. The molecule has 0 saturated carbocycles. The predicted molar refractivity (Wildman–Crippen MR) is 110 cm³/mol. The molecule has 3 aromatic rings. The Hall–Kier alpha value is -3.48. The molecule has 0 radical (unpaired) electrons. The van der Waals surface area contributed by atoms with Crippen LogP contribution in [0.25, 0.3) is 0 Å². The van der Waals surface area contributed by atoms with Crippen molar-refractivity contribution in [3.8, 4) is 0 Å². The lowest BCUT2D eigenvalue weighted by atomic mass is 10.2. The average Bonchev–Trinajstić information content (AvgIpc) is 2.71. The number of aromatic nitrogens is 2. The molecule has 0 aliphatic heterocycles. The van der Waals surface area contributed by atoms with E-state index in [-0.39, 0.29) is 5.56 Å². The van der Waals surface area contributed by atoms with Crippen molar-refractivity contribution in [2.75, 3.05) is 28.6 Å². The van der Waals surface area contributed by atoms with Gasteiger partial charge >= 0.3 is 0 Å². The first-order valence-electron chi connectivity index (χ1n) is 9.10. The van der Waals surface area contributed by atoms with E-state index >= 15 is 0 Å². The fourth-order valence-electron chi connectivity index (χ4n) is 2.75. The Bertz CT molecular complexity index is 924. The molecule has 0 unspecified atom stereocenters. The zero-order chi connectivity index (χ0) is 19.9. The van der Waals surface area contributed by atoms with Gasteiger partial charge in [0.15, 0.2) is 0 Å². The van der Waals surface area contributed by atoms with Crippen molar-refractivity contribution in [1.29, 1.82) is 0 Å². The Labute approximate surface area is 163 Å². The van der Waals surface area contributed by atoms with Crippen LogP contribution < -0.4 is 15.5 Å². The molecule has 7 heteroatoms. The first kappa shape index (κ1) is 19.3. The maximum absolute atomic E-state index is 13.2. The summed E-state index contributed by atoms with van der Waals surface area (Å²) in [5.41, 5.74) is 2.67. The molecule has 0 aliphatic rings. The summed E-state index contributed by atoms with van der Waals surface area (Å²) in [4.78, 5) is 22.8. The molecule has 0 fully saturated rings. The smallest absolute Gasteiger partial charge is 0.258 e. The van der Waals surface area contributed by atoms with Crippen LogP contribution in [0.5, 0.6) is 0 Å². The van der Waals surface area contributed by atoms with E-state index in [1.165, 1.54) is 30.6 Å². The highest BCUT2D eigenvalue weighted by Gasteiger charge is 2.09. The standard InChI is InChI=1S/C21H22FN5O/c1-3-27(4-2)19-10-8-17(9-11-19)26-21-23-13-15(14-24-21)20(28)25-18-7-5-6-16(22)12-18/h5-14H,3-4H2,1-2H3,(H,25,28)(H,23,24,26). The van der Waals surface area contributed by atoms with Crippen molar-refractivity contribution < 1.29 is 9.18 Å². The number of benzene rings is 2. The number of rotatable bonds is 7. The van der Waals surface area contributed by atoms with E-state index in [0.29, 0.717) is 11.6 Å². The van der Waals surface area contributed by atoms with Gasteiger partial charge < -0.3 is 15.5 Å². The second-order valence-corrected chi connectivity index (χ2v) is 6.10. The van der Waals surface area contributed by atoms with Crippen molar-refractivity contribution in [1.82, 2.24) is 9.97 Å². The van der Waals surface area contributed by atoms with E-state index in [2.05, 4.69) is 39.3 Å². The molecule has 144 valence electrons. The van der Waals surface area contributed by atoms with Crippen LogP contribution in [0.4, 0.5) is 27.4 Å². The minimum atomic E-state index is -0.416. The molecule has 0 atom stereocenters. The molecule has 28 heavy (non-hydrogen) atoms. The molecule has 1 aromatic heterocycles. The Morgan fingerprint density at radius 3 is 2.29 bits per heavy atom. The quantitative estimate of drug-likeness (QED) is 0.634. The van der Waals surface area contributed by atoms with Crippen LogP contribution >= 0.6 is 0 Å². The fraction of sp³-hybridized carbons (Fsp3) is 0.190. The Morgan fingerprint density at radius 2 is 1.68 bits per heavy atom. The van der Waals surface area contributed by atoms with Crippen LogP contribution in [0, 0.1) is 5.82 Å². The average molecular weight is 379 g/mol. The van der Waals surface area contributed by atoms with Gasteiger partial charge in [0, 0.05) is 42.5 Å². The van der Waals surface area contributed by atoms with Gasteiger partial charge in [-0.1, -0.05) is 6.07 Å². The van der Waals surface area contributed by atoms with Crippen LogP contribution in [-0.2, 0) is 0 Å². The largest absolute Gasteiger partial charge is 0.372 e. The van der Waals surface area contributed by atoms with Gasteiger partial charge in [0.2, 0.25) is 5.95 Å². The highest BCUT2D eigenvalue weighted by Crippen LogP contribution is 2.19. The molecule has 1 amide bonds. The topological polar surface area (TPSA) is 70.2 Å². The molecule has 2 aromatic carbocycles. The maximum Gasteiger partial charge on any atom is 0.258 e. The van der Waals surface area contributed by atoms with Crippen LogP contribution in [0.3, 0.4) is 0 Å². The normalized spacial score (nSPS) is 10.4. The van der Waals surface area contributed by atoms with Crippen molar-refractivity contribution in [3.05, 3.63) is 72.3 Å². The van der Waals surface area contributed by atoms with Crippen LogP contribution in [0.1, 0.15) is 24.2 Å². The highest BCUT2D eigenvalue weighted by molar-refractivity contribution is 6.03. The van der Waals surface area contributed by atoms with E-state index in [1.54, 1.807) is 6.07 Å². The highest BCUT2D eigenvalue weighted by atomic mass is 19.1. The second kappa shape index (κ2) is 8.94. The predicted octanol–water partition coefficient (Wildman–Crippen LogP) is 4.46. The third-order valence-corrected chi connectivity index (χ3v) is 4.25. The summed E-state index contributed by atoms with van der Waals surface area (Å²) < 4.78 is 13.2. The van der Waals surface area contributed by atoms with Crippen molar-refractivity contribution in [2.45, 2.75) is 13.8 Å². The number of nitrogens with zero attached hydrogens (tertiary/aromatic N) is 3. The van der Waals surface area contributed by atoms with E-state index in [1.807, 2.05) is 24.3 Å². The van der Waals surface area contributed by atoms with Crippen molar-refractivity contribution in [2.24, 2.45) is 0 Å². The van der Waals surface area contributed by atoms with Gasteiger partial charge in [-0.15, -0.1) is 0 Å². The molecule has 2 N–H and O–H groups in total. The lowest BCUT2D eigenvalue weighted by Crippen LogP contribution is -2.21. The van der Waals surface area contributed by atoms with Gasteiger partial charge in [-0.2, -0.15) is 0 Å². The van der Waals surface area contributed by atoms with Gasteiger partial charge in [0.1, 0.15) is 5.82 Å². The summed E-state index contributed by atoms with van der Waals surface area (Å²) in [7, 11) is 0. The summed E-state index contributed by atoms with van der Waals surface area (Å²) in [6, 6.07) is 13.7. The Kier molecular flexibility index (Phi) is 6.16. The summed E-state index contributed by atoms with van der Waals surface area (Å²) in [5, 5.41) is 5.72. The lowest BCUT2D eigenvalue weighted by molar-refractivity contribution is 0.102. The minimum Gasteiger partial charge on any atom is -0.372 e. The first-order chi connectivity index (χ1) is 13.6. The van der Waals surface area contributed by atoms with Gasteiger partial charge in [0.25, 0.3) is 5.91 Å². The molecule has 0 bridgehead atoms. The summed E-state index contributed by atoms with van der Waals surface area (Å²) >= 11 is 0. The van der Waals surface area contributed by atoms with E-state index in [9.17, 15) is 9.18 Å². The number of carbonyl (C=O) groups excluding carboxylic acids is 1. The lowest BCUT2D eigenvalue weighted by Gasteiger charge is -2.21. The number of anilines is 4. The van der Waals surface area contributed by atoms with E-state index in [0.717, 1.165) is 24.5 Å². The SMILES string of the molecule is CCN(CC)c1ccc(Nc2ncc(C(=O)Nc3cccc(F)c3)cn2)cc1. The fourth-order valence-corrected chi connectivity index (χ4v) is 2.75. The molecule has 0 saturated heterocycles. The minimum absolute atomic E-state index is 0.284. The first-order valence-corrected chi connectivity index (χ1v) is 9.10. The van der Waals surface area contributed by atoms with Crippen LogP contribution in [0.15, 0.2) is 60.9 Å². The molecule has 3 rings (SSSR count). The number of carbonyl (C=O) groups is 1. The van der Waals surface area contributed by atoms with Gasteiger partial charge in [0.05, 0.1) is 5.56 Å². The molecule has 0 aliphatic carbocycles. The second-order valence-electron chi connectivity index (χ2n) is 6.10. The number of nitrogens with one attached hydrogen (secondary N) is 2. The molecule has 0 spiro atoms. The zero-order valence-electron chi connectivity index (χ0n) is 15.8. The molecule has 1 heterocycles. The van der Waals surface area contributed by atoms with Crippen molar-refractivity contribution in [3.63, 3.8) is 0 Å². The summed E-state index contributed by atoms with van der Waals surface area (Å²) in [6.07, 6.45) is 2.85. The van der Waals surface area contributed by atoms with Gasteiger partial charge in [-0.05, 0) is 56.3 Å². The van der Waals surface area contributed by atoms with E-state index in [4.69, 9.17) is 0 Å². The third kappa shape index (κ3) is 4.82. The summed E-state index contributed by atoms with van der Waals surface area (Å²) in [5.74, 6) is -0.431. The number of amides is 1. The van der Waals surface area contributed by atoms with Gasteiger partial charge in [-0.25, -0.2) is 14.4 Å². The summed E-state index contributed by atoms with van der Waals surface area (Å²) in [6.45, 7) is 6.14.